The van der Waals surface area contributed by atoms with Gasteiger partial charge in [0.25, 0.3) is 5.69 Å². The summed E-state index contributed by atoms with van der Waals surface area (Å²) in [5, 5.41) is 11.9. The molecule has 2 aromatic rings. The number of hydrogen-bond donors (Lipinski definition) is 0. The van der Waals surface area contributed by atoms with E-state index in [-0.39, 0.29) is 12.5 Å². The summed E-state index contributed by atoms with van der Waals surface area (Å²) in [5.74, 6) is 1.25. The molecular weight excluding hydrogens is 292 g/mol. The van der Waals surface area contributed by atoms with Crippen LogP contribution in [-0.2, 0) is 17.1 Å². The van der Waals surface area contributed by atoms with Gasteiger partial charge in [-0.2, -0.15) is 0 Å². The van der Waals surface area contributed by atoms with E-state index >= 15 is 0 Å². The van der Waals surface area contributed by atoms with Gasteiger partial charge in [-0.15, -0.1) is 11.8 Å². The number of hydrogen-bond acceptors (Lipinski definition) is 6. The van der Waals surface area contributed by atoms with Crippen molar-refractivity contribution >= 4 is 17.4 Å². The standard InChI is InChI=1S/C14H12N2O4S/c17-16(18)12-5-10-7-19-9-20-14(10)11(6-12)8-21-13-3-1-2-4-15-13/h1-6H,7-9H2. The zero-order valence-corrected chi connectivity index (χ0v) is 11.8. The smallest absolute Gasteiger partial charge is 0.270 e. The molecule has 3 rings (SSSR count). The molecule has 0 unspecified atom stereocenters. The number of pyridine rings is 1. The molecule has 21 heavy (non-hydrogen) atoms. The SMILES string of the molecule is O=[N+]([O-])c1cc2c(c(CSc3ccccn3)c1)OCOC2. The van der Waals surface area contributed by atoms with Gasteiger partial charge in [-0.25, -0.2) is 4.98 Å². The number of nitro benzene ring substituents is 1. The number of nitrogens with zero attached hydrogens (tertiary/aromatic N) is 2. The van der Waals surface area contributed by atoms with Crippen molar-refractivity contribution in [3.8, 4) is 5.75 Å². The quantitative estimate of drug-likeness (QED) is 0.491. The summed E-state index contributed by atoms with van der Waals surface area (Å²) in [7, 11) is 0. The van der Waals surface area contributed by atoms with Crippen LogP contribution in [0.2, 0.25) is 0 Å². The average Bonchev–Trinajstić information content (AvgIpc) is 2.53. The first-order chi connectivity index (χ1) is 10.2. The largest absolute Gasteiger partial charge is 0.467 e. The molecule has 0 bridgehead atoms. The predicted octanol–water partition coefficient (Wildman–Crippen LogP) is 3.15. The lowest BCUT2D eigenvalue weighted by atomic mass is 10.1. The van der Waals surface area contributed by atoms with Gasteiger partial charge in [0.2, 0.25) is 0 Å². The number of ether oxygens (including phenoxy) is 2. The molecular formula is C14H12N2O4S. The van der Waals surface area contributed by atoms with Gasteiger partial charge in [-0.05, 0) is 12.1 Å². The van der Waals surface area contributed by atoms with E-state index in [2.05, 4.69) is 4.98 Å². The lowest BCUT2D eigenvalue weighted by Gasteiger charge is -2.20. The molecule has 0 fully saturated rings. The van der Waals surface area contributed by atoms with Crippen LogP contribution in [-0.4, -0.2) is 16.7 Å². The molecule has 0 radical (unpaired) electrons. The first-order valence-electron chi connectivity index (χ1n) is 6.28. The number of thioether (sulfide) groups is 1. The Labute approximate surface area is 125 Å². The number of fused-ring (bicyclic) bond motifs is 1. The molecule has 1 aromatic carbocycles. The Morgan fingerprint density at radius 2 is 2.29 bits per heavy atom. The van der Waals surface area contributed by atoms with Crippen molar-refractivity contribution in [3.63, 3.8) is 0 Å². The van der Waals surface area contributed by atoms with Crippen LogP contribution in [0.1, 0.15) is 11.1 Å². The van der Waals surface area contributed by atoms with Crippen molar-refractivity contribution in [2.45, 2.75) is 17.4 Å². The molecule has 0 saturated carbocycles. The minimum atomic E-state index is -0.399. The number of benzene rings is 1. The highest BCUT2D eigenvalue weighted by Gasteiger charge is 2.20. The number of aromatic nitrogens is 1. The van der Waals surface area contributed by atoms with Gasteiger partial charge < -0.3 is 9.47 Å². The van der Waals surface area contributed by atoms with E-state index < -0.39 is 4.92 Å². The Hall–Kier alpha value is -2.12. The molecule has 1 aliphatic heterocycles. The van der Waals surface area contributed by atoms with E-state index in [1.807, 2.05) is 18.2 Å². The Morgan fingerprint density at radius 3 is 3.05 bits per heavy atom. The summed E-state index contributed by atoms with van der Waals surface area (Å²) >= 11 is 1.51. The van der Waals surface area contributed by atoms with Crippen molar-refractivity contribution in [1.29, 1.82) is 0 Å². The summed E-state index contributed by atoms with van der Waals surface area (Å²) in [5.41, 5.74) is 1.56. The zero-order chi connectivity index (χ0) is 14.7. The van der Waals surface area contributed by atoms with Crippen LogP contribution in [0.25, 0.3) is 0 Å². The average molecular weight is 304 g/mol. The van der Waals surface area contributed by atoms with Crippen molar-refractivity contribution in [3.05, 3.63) is 57.8 Å². The third-order valence-corrected chi connectivity index (χ3v) is 3.99. The molecule has 7 heteroatoms. The predicted molar refractivity (Wildman–Crippen MR) is 77.2 cm³/mol. The van der Waals surface area contributed by atoms with E-state index in [0.717, 1.165) is 10.6 Å². The molecule has 2 heterocycles. The normalized spacial score (nSPS) is 13.3. The number of non-ortho nitro benzene ring substituents is 1. The van der Waals surface area contributed by atoms with Crippen LogP contribution in [0.3, 0.4) is 0 Å². The summed E-state index contributed by atoms with van der Waals surface area (Å²) in [6, 6.07) is 8.71. The fourth-order valence-electron chi connectivity index (χ4n) is 2.08. The number of rotatable bonds is 4. The van der Waals surface area contributed by atoms with Crippen molar-refractivity contribution in [2.75, 3.05) is 6.79 Å². The van der Waals surface area contributed by atoms with Gasteiger partial charge >= 0.3 is 0 Å². The highest BCUT2D eigenvalue weighted by molar-refractivity contribution is 7.98. The van der Waals surface area contributed by atoms with Crippen molar-refractivity contribution in [2.24, 2.45) is 0 Å². The van der Waals surface area contributed by atoms with Gasteiger partial charge in [0.1, 0.15) is 5.75 Å². The van der Waals surface area contributed by atoms with E-state index in [0.29, 0.717) is 23.7 Å². The summed E-state index contributed by atoms with van der Waals surface area (Å²) in [6.07, 6.45) is 1.72. The zero-order valence-electron chi connectivity index (χ0n) is 11.0. The second kappa shape index (κ2) is 6.11. The van der Waals surface area contributed by atoms with Gasteiger partial charge in [0.05, 0.1) is 16.6 Å². The molecule has 0 N–H and O–H groups in total. The van der Waals surface area contributed by atoms with Crippen LogP contribution >= 0.6 is 11.8 Å². The minimum absolute atomic E-state index is 0.0551. The third-order valence-electron chi connectivity index (χ3n) is 3.00. The Morgan fingerprint density at radius 1 is 1.38 bits per heavy atom. The molecule has 0 spiro atoms. The van der Waals surface area contributed by atoms with Gasteiger partial charge in [-0.3, -0.25) is 10.1 Å². The molecule has 0 aliphatic carbocycles. The maximum absolute atomic E-state index is 11.0. The van der Waals surface area contributed by atoms with Gasteiger partial charge in [0.15, 0.2) is 6.79 Å². The minimum Gasteiger partial charge on any atom is -0.467 e. The Balaban J connectivity index is 1.89. The van der Waals surface area contributed by atoms with Gasteiger partial charge in [0, 0.05) is 35.2 Å². The Bertz CT molecular complexity index is 664. The fraction of sp³-hybridized carbons (Fsp3) is 0.214. The van der Waals surface area contributed by atoms with Crippen LogP contribution in [0.15, 0.2) is 41.6 Å². The van der Waals surface area contributed by atoms with Crippen molar-refractivity contribution in [1.82, 2.24) is 4.98 Å². The van der Waals surface area contributed by atoms with E-state index in [1.165, 1.54) is 17.8 Å². The maximum atomic E-state index is 11.0. The first kappa shape index (κ1) is 13.8. The van der Waals surface area contributed by atoms with E-state index in [9.17, 15) is 10.1 Å². The maximum Gasteiger partial charge on any atom is 0.270 e. The molecule has 6 nitrogen and oxygen atoms in total. The Kier molecular flexibility index (Phi) is 4.03. The van der Waals surface area contributed by atoms with Crippen LogP contribution in [0.5, 0.6) is 5.75 Å². The van der Waals surface area contributed by atoms with E-state index in [4.69, 9.17) is 9.47 Å². The van der Waals surface area contributed by atoms with Gasteiger partial charge in [-0.1, -0.05) is 6.07 Å². The third kappa shape index (κ3) is 3.14. The second-order valence-electron chi connectivity index (χ2n) is 4.42. The number of nitro groups is 1. The second-order valence-corrected chi connectivity index (χ2v) is 5.41. The molecule has 0 amide bonds. The van der Waals surface area contributed by atoms with Crippen LogP contribution < -0.4 is 4.74 Å². The summed E-state index contributed by atoms with van der Waals surface area (Å²) < 4.78 is 10.7. The topological polar surface area (TPSA) is 74.5 Å². The monoisotopic (exact) mass is 304 g/mol. The van der Waals surface area contributed by atoms with Crippen LogP contribution in [0.4, 0.5) is 5.69 Å². The summed E-state index contributed by atoms with van der Waals surface area (Å²) in [6.45, 7) is 0.504. The van der Waals surface area contributed by atoms with E-state index in [1.54, 1.807) is 12.3 Å². The lowest BCUT2D eigenvalue weighted by molar-refractivity contribution is -0.385. The summed E-state index contributed by atoms with van der Waals surface area (Å²) in [4.78, 5) is 14.8. The highest BCUT2D eigenvalue weighted by atomic mass is 32.2. The molecule has 0 atom stereocenters. The van der Waals surface area contributed by atoms with Crippen molar-refractivity contribution < 1.29 is 14.4 Å². The molecule has 1 aliphatic rings. The lowest BCUT2D eigenvalue weighted by Crippen LogP contribution is -2.13. The first-order valence-corrected chi connectivity index (χ1v) is 7.27. The molecule has 1 aromatic heterocycles. The van der Waals surface area contributed by atoms with Crippen LogP contribution in [0, 0.1) is 10.1 Å². The highest BCUT2D eigenvalue weighted by Crippen LogP contribution is 2.35. The fourth-order valence-corrected chi connectivity index (χ4v) is 2.91. The molecule has 108 valence electrons. The molecule has 0 saturated heterocycles.